The number of anilines is 1. The number of nitrogen functional groups attached to an aromatic ring is 1. The summed E-state index contributed by atoms with van der Waals surface area (Å²) in [7, 11) is 1.88. The van der Waals surface area contributed by atoms with Crippen LogP contribution in [-0.4, -0.2) is 14.5 Å². The lowest BCUT2D eigenvalue weighted by atomic mass is 10.1. The predicted molar refractivity (Wildman–Crippen MR) is 82.9 cm³/mol. The van der Waals surface area contributed by atoms with Gasteiger partial charge in [0.1, 0.15) is 5.52 Å². The molecule has 0 saturated carbocycles. The molecule has 0 saturated heterocycles. The number of hydrogen-bond acceptors (Lipinski definition) is 3. The van der Waals surface area contributed by atoms with Crippen LogP contribution < -0.4 is 5.73 Å². The fourth-order valence-corrected chi connectivity index (χ4v) is 2.82. The van der Waals surface area contributed by atoms with Gasteiger partial charge in [0.2, 0.25) is 5.28 Å². The molecule has 4 nitrogen and oxygen atoms in total. The van der Waals surface area contributed by atoms with Crippen molar-refractivity contribution in [2.45, 2.75) is 0 Å². The Balaban J connectivity index is 2.32. The van der Waals surface area contributed by atoms with Crippen LogP contribution in [0.4, 0.5) is 5.69 Å². The molecule has 0 bridgehead atoms. The second-order valence-corrected chi connectivity index (χ2v) is 5.15. The molecule has 2 aromatic heterocycles. The highest BCUT2D eigenvalue weighted by atomic mass is 35.5. The van der Waals surface area contributed by atoms with Crippen LogP contribution in [0.2, 0.25) is 5.28 Å². The van der Waals surface area contributed by atoms with Crippen molar-refractivity contribution in [3.05, 3.63) is 41.7 Å². The van der Waals surface area contributed by atoms with Gasteiger partial charge in [-0.15, -0.1) is 0 Å². The van der Waals surface area contributed by atoms with Crippen molar-refractivity contribution in [3.8, 4) is 0 Å². The lowest BCUT2D eigenvalue weighted by Crippen LogP contribution is -1.94. The Morgan fingerprint density at radius 1 is 1.05 bits per heavy atom. The van der Waals surface area contributed by atoms with Gasteiger partial charge >= 0.3 is 0 Å². The quantitative estimate of drug-likeness (QED) is 0.502. The smallest absolute Gasteiger partial charge is 0.203 e. The normalized spacial score (nSPS) is 11.7. The summed E-state index contributed by atoms with van der Waals surface area (Å²) < 4.78 is 1.84. The van der Waals surface area contributed by atoms with Crippen molar-refractivity contribution in [1.82, 2.24) is 14.5 Å². The Hall–Kier alpha value is -2.33. The zero-order valence-electron chi connectivity index (χ0n) is 10.8. The average molecular weight is 283 g/mol. The van der Waals surface area contributed by atoms with Gasteiger partial charge in [-0.2, -0.15) is 0 Å². The summed E-state index contributed by atoms with van der Waals surface area (Å²) in [6.45, 7) is 0. The van der Waals surface area contributed by atoms with E-state index in [1.165, 1.54) is 0 Å². The summed E-state index contributed by atoms with van der Waals surface area (Å²) >= 11 is 6.11. The number of imidazole rings is 1. The zero-order chi connectivity index (χ0) is 13.9. The second-order valence-electron chi connectivity index (χ2n) is 4.81. The minimum atomic E-state index is 0.444. The van der Waals surface area contributed by atoms with E-state index in [1.807, 2.05) is 48.0 Å². The molecule has 0 amide bonds. The summed E-state index contributed by atoms with van der Waals surface area (Å²) in [4.78, 5) is 9.07. The molecule has 4 aromatic rings. The standard InChI is InChI=1S/C15H11ClN4/c1-20-11-7-6-10-12(14(11)19-15(20)16)13(17)8-4-2-3-5-9(8)18-10/h2-7H,1H3,(H2,17,18). The third-order valence-electron chi connectivity index (χ3n) is 3.68. The van der Waals surface area contributed by atoms with E-state index in [0.717, 1.165) is 32.8 Å². The van der Waals surface area contributed by atoms with Gasteiger partial charge in [-0.05, 0) is 29.8 Å². The third-order valence-corrected chi connectivity index (χ3v) is 4.02. The molecule has 0 radical (unpaired) electrons. The highest BCUT2D eigenvalue weighted by Gasteiger charge is 2.14. The van der Waals surface area contributed by atoms with E-state index in [1.54, 1.807) is 0 Å². The van der Waals surface area contributed by atoms with Crippen LogP contribution in [-0.2, 0) is 7.05 Å². The summed E-state index contributed by atoms with van der Waals surface area (Å²) in [5.41, 5.74) is 10.5. The molecule has 5 heteroatoms. The van der Waals surface area contributed by atoms with Gasteiger partial charge in [0.05, 0.1) is 27.6 Å². The number of para-hydroxylation sites is 1. The molecule has 0 spiro atoms. The van der Waals surface area contributed by atoms with Gasteiger partial charge in [0, 0.05) is 12.4 Å². The molecule has 0 aliphatic rings. The molecule has 0 fully saturated rings. The van der Waals surface area contributed by atoms with Crippen LogP contribution in [0.1, 0.15) is 0 Å². The first kappa shape index (κ1) is 11.5. The highest BCUT2D eigenvalue weighted by molar-refractivity contribution is 6.30. The number of pyridine rings is 1. The van der Waals surface area contributed by atoms with Gasteiger partial charge in [-0.3, -0.25) is 0 Å². The van der Waals surface area contributed by atoms with Gasteiger partial charge in [0.25, 0.3) is 0 Å². The molecular weight excluding hydrogens is 272 g/mol. The lowest BCUT2D eigenvalue weighted by Gasteiger charge is -2.07. The molecule has 2 N–H and O–H groups in total. The minimum Gasteiger partial charge on any atom is -0.398 e. The zero-order valence-corrected chi connectivity index (χ0v) is 11.5. The second kappa shape index (κ2) is 3.84. The maximum Gasteiger partial charge on any atom is 0.203 e. The van der Waals surface area contributed by atoms with E-state index < -0.39 is 0 Å². The summed E-state index contributed by atoms with van der Waals surface area (Å²) in [6.07, 6.45) is 0. The molecule has 0 atom stereocenters. The number of halogens is 1. The monoisotopic (exact) mass is 282 g/mol. The number of nitrogens with two attached hydrogens (primary N) is 1. The molecule has 98 valence electrons. The van der Waals surface area contributed by atoms with E-state index in [4.69, 9.17) is 17.3 Å². The molecular formula is C15H11ClN4. The fourth-order valence-electron chi connectivity index (χ4n) is 2.64. The van der Waals surface area contributed by atoms with E-state index in [0.29, 0.717) is 11.0 Å². The van der Waals surface area contributed by atoms with Gasteiger partial charge in [-0.1, -0.05) is 18.2 Å². The van der Waals surface area contributed by atoms with Crippen LogP contribution in [0.5, 0.6) is 0 Å². The van der Waals surface area contributed by atoms with Crippen LogP contribution >= 0.6 is 11.6 Å². The molecule has 4 rings (SSSR count). The number of benzene rings is 2. The van der Waals surface area contributed by atoms with E-state index in [2.05, 4.69) is 9.97 Å². The maximum absolute atomic E-state index is 6.35. The Kier molecular flexibility index (Phi) is 2.20. The van der Waals surface area contributed by atoms with Crippen molar-refractivity contribution >= 4 is 50.1 Å². The van der Waals surface area contributed by atoms with E-state index >= 15 is 0 Å². The largest absolute Gasteiger partial charge is 0.398 e. The van der Waals surface area contributed by atoms with Crippen molar-refractivity contribution in [2.24, 2.45) is 7.05 Å². The van der Waals surface area contributed by atoms with Crippen molar-refractivity contribution in [3.63, 3.8) is 0 Å². The summed E-state index contributed by atoms with van der Waals surface area (Å²) in [6, 6.07) is 11.8. The first-order valence-electron chi connectivity index (χ1n) is 6.25. The van der Waals surface area contributed by atoms with Gasteiger partial charge in [-0.25, -0.2) is 9.97 Å². The van der Waals surface area contributed by atoms with E-state index in [9.17, 15) is 0 Å². The van der Waals surface area contributed by atoms with Crippen LogP contribution in [0, 0.1) is 0 Å². The number of aryl methyl sites for hydroxylation is 1. The maximum atomic E-state index is 6.35. The third kappa shape index (κ3) is 1.37. The predicted octanol–water partition coefficient (Wildman–Crippen LogP) is 3.51. The Bertz CT molecular complexity index is 988. The lowest BCUT2D eigenvalue weighted by molar-refractivity contribution is 0.949. The molecule has 2 heterocycles. The Labute approximate surface area is 119 Å². The van der Waals surface area contributed by atoms with Crippen molar-refractivity contribution in [2.75, 3.05) is 5.73 Å². The Morgan fingerprint density at radius 2 is 1.85 bits per heavy atom. The highest BCUT2D eigenvalue weighted by Crippen LogP contribution is 2.34. The summed E-state index contributed by atoms with van der Waals surface area (Å²) in [5, 5.41) is 2.25. The van der Waals surface area contributed by atoms with Crippen LogP contribution in [0.15, 0.2) is 36.4 Å². The Morgan fingerprint density at radius 3 is 2.70 bits per heavy atom. The number of rotatable bonds is 0. The number of fused-ring (bicyclic) bond motifs is 4. The molecule has 0 aliphatic carbocycles. The van der Waals surface area contributed by atoms with Crippen LogP contribution in [0.25, 0.3) is 32.8 Å². The molecule has 20 heavy (non-hydrogen) atoms. The number of hydrogen-bond donors (Lipinski definition) is 1. The number of nitrogens with zero attached hydrogens (tertiary/aromatic N) is 3. The minimum absolute atomic E-state index is 0.444. The fraction of sp³-hybridized carbons (Fsp3) is 0.0667. The topological polar surface area (TPSA) is 56.7 Å². The first-order chi connectivity index (χ1) is 9.66. The average Bonchev–Trinajstić information content (AvgIpc) is 2.74. The summed E-state index contributed by atoms with van der Waals surface area (Å²) in [5.74, 6) is 0. The van der Waals surface area contributed by atoms with Crippen LogP contribution in [0.3, 0.4) is 0 Å². The first-order valence-corrected chi connectivity index (χ1v) is 6.63. The van der Waals surface area contributed by atoms with Gasteiger partial charge < -0.3 is 10.3 Å². The SMILES string of the molecule is Cn1c(Cl)nc2c3c(N)c4ccccc4nc3ccc21. The van der Waals surface area contributed by atoms with Crippen molar-refractivity contribution in [1.29, 1.82) is 0 Å². The molecule has 2 aromatic carbocycles. The van der Waals surface area contributed by atoms with Crippen molar-refractivity contribution < 1.29 is 0 Å². The van der Waals surface area contributed by atoms with E-state index in [-0.39, 0.29) is 0 Å². The molecule has 0 unspecified atom stereocenters. The molecule has 0 aliphatic heterocycles. The number of aromatic nitrogens is 3. The van der Waals surface area contributed by atoms with Gasteiger partial charge in [0.15, 0.2) is 0 Å².